The van der Waals surface area contributed by atoms with Crippen molar-refractivity contribution < 1.29 is 18.8 Å². The number of likely N-dealkylation sites (N-methyl/N-ethyl adjacent to an activating group) is 2. The molecule has 8 heteroatoms. The minimum atomic E-state index is -0.323. The third-order valence-corrected chi connectivity index (χ3v) is 6.95. The zero-order valence-corrected chi connectivity index (χ0v) is 18.0. The maximum Gasteiger partial charge on any atom is 0.463 e. The smallest absolute Gasteiger partial charge is 0.403 e. The van der Waals surface area contributed by atoms with Crippen molar-refractivity contribution in [2.75, 3.05) is 47.4 Å². The molecule has 0 bridgehead atoms. The number of carbonyl (C=O) groups is 1. The van der Waals surface area contributed by atoms with Crippen molar-refractivity contribution in [2.45, 2.75) is 69.7 Å². The largest absolute Gasteiger partial charge is 0.463 e. The first-order valence-corrected chi connectivity index (χ1v) is 10.1. The van der Waals surface area contributed by atoms with Crippen LogP contribution in [0.2, 0.25) is 5.82 Å². The molecule has 0 spiro atoms. The van der Waals surface area contributed by atoms with Crippen LogP contribution >= 0.6 is 0 Å². The van der Waals surface area contributed by atoms with Crippen LogP contribution in [0.5, 0.6) is 0 Å². The minimum Gasteiger partial charge on any atom is -0.403 e. The van der Waals surface area contributed by atoms with Crippen LogP contribution in [0.25, 0.3) is 0 Å². The van der Waals surface area contributed by atoms with Gasteiger partial charge in [-0.05, 0) is 47.6 Å². The zero-order valence-electron chi connectivity index (χ0n) is 18.0. The summed E-state index contributed by atoms with van der Waals surface area (Å²) < 4.78 is 17.9. The van der Waals surface area contributed by atoms with Crippen molar-refractivity contribution in [3.63, 3.8) is 0 Å². The average molecular weight is 381 g/mol. The van der Waals surface area contributed by atoms with E-state index in [9.17, 15) is 4.79 Å². The number of likely N-dealkylation sites (tertiary alicyclic amines) is 2. The second-order valence-corrected chi connectivity index (χ2v) is 9.47. The van der Waals surface area contributed by atoms with E-state index in [0.29, 0.717) is 12.6 Å². The summed E-state index contributed by atoms with van der Waals surface area (Å²) in [6, 6.07) is 0.452. The van der Waals surface area contributed by atoms with E-state index in [2.05, 4.69) is 39.6 Å². The number of rotatable bonds is 4. The van der Waals surface area contributed by atoms with Gasteiger partial charge in [0.05, 0.1) is 17.3 Å². The standard InChI is InChI=1S/C19H36BN3O4/c1-18(2)19(3,4)27-20(26-18)14-8-9-23(11-14)17(24)22(6)12-15-10-16(25-7)13-21(15)5/h14-16H,8-13H2,1-7H3/t14?,15-,16-/m0/s1. The number of hydrogen-bond donors (Lipinski definition) is 0. The van der Waals surface area contributed by atoms with E-state index in [-0.39, 0.29) is 36.3 Å². The van der Waals surface area contributed by atoms with Gasteiger partial charge < -0.3 is 23.8 Å². The summed E-state index contributed by atoms with van der Waals surface area (Å²) in [5.41, 5.74) is -0.645. The Morgan fingerprint density at radius 1 is 1.22 bits per heavy atom. The summed E-state index contributed by atoms with van der Waals surface area (Å²) in [5, 5.41) is 0. The molecule has 0 aromatic carbocycles. The highest BCUT2D eigenvalue weighted by Gasteiger charge is 2.55. The van der Waals surface area contributed by atoms with Crippen LogP contribution < -0.4 is 0 Å². The lowest BCUT2D eigenvalue weighted by Crippen LogP contribution is -2.45. The normalized spacial score (nSPS) is 33.1. The molecule has 0 aliphatic carbocycles. The molecule has 154 valence electrons. The van der Waals surface area contributed by atoms with Gasteiger partial charge in [0, 0.05) is 52.2 Å². The van der Waals surface area contributed by atoms with Gasteiger partial charge >= 0.3 is 13.1 Å². The molecule has 2 amide bonds. The maximum atomic E-state index is 12.9. The molecule has 0 saturated carbocycles. The van der Waals surface area contributed by atoms with Gasteiger partial charge in [-0.1, -0.05) is 0 Å². The number of urea groups is 1. The van der Waals surface area contributed by atoms with E-state index in [1.165, 1.54) is 0 Å². The quantitative estimate of drug-likeness (QED) is 0.697. The number of amides is 2. The Morgan fingerprint density at radius 2 is 1.85 bits per heavy atom. The van der Waals surface area contributed by atoms with Crippen LogP contribution in [0.1, 0.15) is 40.5 Å². The molecular weight excluding hydrogens is 345 g/mol. The molecule has 0 aromatic heterocycles. The van der Waals surface area contributed by atoms with Gasteiger partial charge in [-0.2, -0.15) is 0 Å². The van der Waals surface area contributed by atoms with Crippen LogP contribution in [0.3, 0.4) is 0 Å². The summed E-state index contributed by atoms with van der Waals surface area (Å²) in [6.45, 7) is 11.4. The second-order valence-electron chi connectivity index (χ2n) is 9.47. The summed E-state index contributed by atoms with van der Waals surface area (Å²) in [7, 11) is 5.53. The summed E-state index contributed by atoms with van der Waals surface area (Å²) in [5.74, 6) is 0.232. The molecule has 3 aliphatic rings. The Balaban J connectivity index is 1.52. The first-order valence-electron chi connectivity index (χ1n) is 10.1. The first kappa shape index (κ1) is 20.9. The van der Waals surface area contributed by atoms with Gasteiger partial charge in [0.2, 0.25) is 0 Å². The number of hydrogen-bond acceptors (Lipinski definition) is 5. The lowest BCUT2D eigenvalue weighted by molar-refractivity contribution is 0.00578. The SMILES string of the molecule is CO[C@H]1C[C@@H](CN(C)C(=O)N2CCC(B3OC(C)(C)C(C)(C)O3)C2)N(C)C1. The van der Waals surface area contributed by atoms with E-state index in [4.69, 9.17) is 14.0 Å². The summed E-state index contributed by atoms with van der Waals surface area (Å²) in [4.78, 5) is 19.0. The molecule has 0 aromatic rings. The molecule has 0 N–H and O–H groups in total. The van der Waals surface area contributed by atoms with Crippen molar-refractivity contribution in [3.05, 3.63) is 0 Å². The van der Waals surface area contributed by atoms with Crippen molar-refractivity contribution >= 4 is 13.1 Å². The van der Waals surface area contributed by atoms with Crippen molar-refractivity contribution in [3.8, 4) is 0 Å². The Hall–Kier alpha value is -0.825. The summed E-state index contributed by atoms with van der Waals surface area (Å²) >= 11 is 0. The van der Waals surface area contributed by atoms with Gasteiger partial charge in [0.1, 0.15) is 0 Å². The predicted molar refractivity (Wildman–Crippen MR) is 106 cm³/mol. The molecule has 3 aliphatic heterocycles. The molecule has 3 saturated heterocycles. The van der Waals surface area contributed by atoms with Gasteiger partial charge in [-0.15, -0.1) is 0 Å². The fourth-order valence-corrected chi connectivity index (χ4v) is 4.31. The lowest BCUT2D eigenvalue weighted by Gasteiger charge is -2.32. The topological polar surface area (TPSA) is 54.5 Å². The predicted octanol–water partition coefficient (Wildman–Crippen LogP) is 1.93. The molecule has 3 heterocycles. The summed E-state index contributed by atoms with van der Waals surface area (Å²) in [6.07, 6.45) is 2.16. The highest BCUT2D eigenvalue weighted by molar-refractivity contribution is 6.47. The number of carbonyl (C=O) groups excluding carboxylic acids is 1. The van der Waals surface area contributed by atoms with E-state index < -0.39 is 0 Å². The van der Waals surface area contributed by atoms with Crippen LogP contribution in [0, 0.1) is 0 Å². The van der Waals surface area contributed by atoms with Crippen LogP contribution in [0.4, 0.5) is 4.79 Å². The van der Waals surface area contributed by atoms with Crippen molar-refractivity contribution in [1.29, 1.82) is 0 Å². The van der Waals surface area contributed by atoms with Gasteiger partial charge in [0.15, 0.2) is 0 Å². The van der Waals surface area contributed by atoms with Gasteiger partial charge in [-0.25, -0.2) is 4.79 Å². The van der Waals surface area contributed by atoms with Crippen molar-refractivity contribution in [2.24, 2.45) is 0 Å². The molecule has 3 fully saturated rings. The molecule has 0 radical (unpaired) electrons. The van der Waals surface area contributed by atoms with Crippen LogP contribution in [0.15, 0.2) is 0 Å². The third kappa shape index (κ3) is 4.14. The average Bonchev–Trinajstić information content (AvgIpc) is 3.25. The Labute approximate surface area is 164 Å². The van der Waals surface area contributed by atoms with E-state index in [1.807, 2.05) is 16.8 Å². The van der Waals surface area contributed by atoms with Crippen molar-refractivity contribution in [1.82, 2.24) is 14.7 Å². The number of nitrogens with zero attached hydrogens (tertiary/aromatic N) is 3. The molecule has 27 heavy (non-hydrogen) atoms. The van der Waals surface area contributed by atoms with Crippen LogP contribution in [-0.4, -0.2) is 98.6 Å². The number of methoxy groups -OCH3 is 1. The Bertz CT molecular complexity index is 543. The molecule has 3 atom stereocenters. The highest BCUT2D eigenvalue weighted by atomic mass is 16.7. The Morgan fingerprint density at radius 3 is 2.41 bits per heavy atom. The molecule has 1 unspecified atom stereocenters. The Kier molecular flexibility index (Phi) is 5.84. The second kappa shape index (κ2) is 7.54. The highest BCUT2D eigenvalue weighted by Crippen LogP contribution is 2.42. The van der Waals surface area contributed by atoms with Crippen LogP contribution in [-0.2, 0) is 14.0 Å². The molecular formula is C19H36BN3O4. The molecule has 3 rings (SSSR count). The maximum absolute atomic E-state index is 12.9. The third-order valence-electron chi connectivity index (χ3n) is 6.95. The van der Waals surface area contributed by atoms with Gasteiger partial charge in [-0.3, -0.25) is 4.90 Å². The first-order chi connectivity index (χ1) is 12.5. The van der Waals surface area contributed by atoms with E-state index in [1.54, 1.807) is 7.11 Å². The zero-order chi connectivity index (χ0) is 20.0. The fraction of sp³-hybridized carbons (Fsp3) is 0.947. The monoisotopic (exact) mass is 381 g/mol. The van der Waals surface area contributed by atoms with Gasteiger partial charge in [0.25, 0.3) is 0 Å². The number of ether oxygens (including phenoxy) is 1. The molecule has 7 nitrogen and oxygen atoms in total. The lowest BCUT2D eigenvalue weighted by atomic mass is 9.71. The fourth-order valence-electron chi connectivity index (χ4n) is 4.31. The van der Waals surface area contributed by atoms with E-state index >= 15 is 0 Å². The van der Waals surface area contributed by atoms with E-state index in [0.717, 1.165) is 32.5 Å². The minimum absolute atomic E-state index is 0.100.